The van der Waals surface area contributed by atoms with Crippen LogP contribution in [0.15, 0.2) is 42.5 Å². The van der Waals surface area contributed by atoms with Crippen molar-refractivity contribution in [3.05, 3.63) is 65.0 Å². The number of nitrogens with zero attached hydrogens (tertiary/aromatic N) is 4. The fourth-order valence-corrected chi connectivity index (χ4v) is 4.74. The molecule has 0 spiro atoms. The Morgan fingerprint density at radius 2 is 1.94 bits per heavy atom. The first-order valence-electron chi connectivity index (χ1n) is 11.4. The van der Waals surface area contributed by atoms with Crippen molar-refractivity contribution in [2.45, 2.75) is 46.5 Å². The Bertz CT molecular complexity index is 1410. The second-order valence-electron chi connectivity index (χ2n) is 8.71. The van der Waals surface area contributed by atoms with Crippen molar-refractivity contribution in [2.24, 2.45) is 0 Å². The average molecular weight is 442 g/mol. The molecule has 1 fully saturated rings. The first kappa shape index (κ1) is 21.1. The van der Waals surface area contributed by atoms with Gasteiger partial charge < -0.3 is 10.2 Å². The Balaban J connectivity index is 1.30. The number of hydrogen-bond donors (Lipinski definition) is 1. The number of carbonyl (C=O) groups is 2. The summed E-state index contributed by atoms with van der Waals surface area (Å²) in [6, 6.07) is 13.7. The highest BCUT2D eigenvalue weighted by atomic mass is 16.2. The van der Waals surface area contributed by atoms with Gasteiger partial charge in [-0.2, -0.15) is 5.10 Å². The van der Waals surface area contributed by atoms with Crippen LogP contribution in [-0.4, -0.2) is 33.0 Å². The van der Waals surface area contributed by atoms with Crippen LogP contribution in [0.2, 0.25) is 0 Å². The number of benzene rings is 2. The number of rotatable bonds is 5. The smallest absolute Gasteiger partial charge is 0.227 e. The Labute approximate surface area is 192 Å². The monoisotopic (exact) mass is 441 g/mol. The molecule has 2 aromatic carbocycles. The normalized spacial score (nSPS) is 13.9. The highest BCUT2D eigenvalue weighted by molar-refractivity contribution is 5.97. The molecule has 4 aromatic rings. The molecule has 1 aliphatic heterocycles. The molecule has 168 valence electrons. The van der Waals surface area contributed by atoms with Gasteiger partial charge in [0.05, 0.1) is 5.52 Å². The summed E-state index contributed by atoms with van der Waals surface area (Å²) >= 11 is 0. The molecule has 0 aliphatic carbocycles. The Kier molecular flexibility index (Phi) is 5.32. The molecule has 0 unspecified atom stereocenters. The second kappa shape index (κ2) is 8.31. The standard InChI is InChI=1S/C26H27N5O2/c1-16-15-19(10-12-23(16)30-14-6-9-25(30)33)28-24(32)13-11-20-17(2)27-26-21-7-4-5-8-22(21)29-31(26)18(20)3/h4-5,7-8,10,12,15H,6,9,11,13-14H2,1-3H3,(H,28,32). The van der Waals surface area contributed by atoms with Crippen molar-refractivity contribution in [3.63, 3.8) is 0 Å². The van der Waals surface area contributed by atoms with Gasteiger partial charge in [-0.05, 0) is 75.1 Å². The van der Waals surface area contributed by atoms with Crippen LogP contribution < -0.4 is 10.2 Å². The molecule has 0 bridgehead atoms. The molecule has 1 saturated heterocycles. The molecule has 2 aromatic heterocycles. The lowest BCUT2D eigenvalue weighted by molar-refractivity contribution is -0.117. The van der Waals surface area contributed by atoms with Crippen LogP contribution >= 0.6 is 0 Å². The lowest BCUT2D eigenvalue weighted by atomic mass is 10.1. The van der Waals surface area contributed by atoms with E-state index >= 15 is 0 Å². The number of nitrogens with one attached hydrogen (secondary N) is 1. The van der Waals surface area contributed by atoms with Gasteiger partial charge >= 0.3 is 0 Å². The van der Waals surface area contributed by atoms with Crippen LogP contribution in [0.5, 0.6) is 0 Å². The molecule has 0 atom stereocenters. The highest BCUT2D eigenvalue weighted by Gasteiger charge is 2.23. The van der Waals surface area contributed by atoms with Gasteiger partial charge in [0.1, 0.15) is 0 Å². The number of anilines is 2. The van der Waals surface area contributed by atoms with Crippen molar-refractivity contribution in [1.29, 1.82) is 0 Å². The van der Waals surface area contributed by atoms with Gasteiger partial charge in [-0.25, -0.2) is 9.50 Å². The summed E-state index contributed by atoms with van der Waals surface area (Å²) in [5.74, 6) is 0.111. The van der Waals surface area contributed by atoms with Gasteiger partial charge in [-0.15, -0.1) is 0 Å². The van der Waals surface area contributed by atoms with Gasteiger partial charge in [0.25, 0.3) is 0 Å². The maximum absolute atomic E-state index is 12.7. The summed E-state index contributed by atoms with van der Waals surface area (Å²) in [6.45, 7) is 6.75. The Morgan fingerprint density at radius 3 is 2.70 bits per heavy atom. The average Bonchev–Trinajstić information content (AvgIpc) is 3.37. The van der Waals surface area contributed by atoms with E-state index in [2.05, 4.69) is 5.32 Å². The zero-order valence-electron chi connectivity index (χ0n) is 19.2. The van der Waals surface area contributed by atoms with E-state index in [9.17, 15) is 9.59 Å². The molecule has 0 saturated carbocycles. The molecule has 1 aliphatic rings. The molecule has 5 rings (SSSR count). The summed E-state index contributed by atoms with van der Waals surface area (Å²) in [6.07, 6.45) is 2.43. The number of aromatic nitrogens is 3. The predicted octanol–water partition coefficient (Wildman–Crippen LogP) is 4.51. The third-order valence-corrected chi connectivity index (χ3v) is 6.46. The molecule has 7 nitrogen and oxygen atoms in total. The van der Waals surface area contributed by atoms with Crippen LogP contribution in [0.1, 0.15) is 41.8 Å². The van der Waals surface area contributed by atoms with E-state index in [1.807, 2.05) is 72.7 Å². The minimum absolute atomic E-state index is 0.0519. The van der Waals surface area contributed by atoms with Gasteiger partial charge in [0.15, 0.2) is 5.65 Å². The van der Waals surface area contributed by atoms with Crippen molar-refractivity contribution >= 4 is 39.7 Å². The van der Waals surface area contributed by atoms with Crippen molar-refractivity contribution < 1.29 is 9.59 Å². The zero-order valence-corrected chi connectivity index (χ0v) is 19.2. The van der Waals surface area contributed by atoms with Crippen LogP contribution in [-0.2, 0) is 16.0 Å². The van der Waals surface area contributed by atoms with Crippen molar-refractivity contribution in [3.8, 4) is 0 Å². The molecule has 0 radical (unpaired) electrons. The quantitative estimate of drug-likeness (QED) is 0.494. The molecule has 33 heavy (non-hydrogen) atoms. The summed E-state index contributed by atoms with van der Waals surface area (Å²) in [5.41, 5.74) is 7.39. The summed E-state index contributed by atoms with van der Waals surface area (Å²) in [4.78, 5) is 31.4. The van der Waals surface area contributed by atoms with Crippen molar-refractivity contribution in [1.82, 2.24) is 14.6 Å². The maximum Gasteiger partial charge on any atom is 0.227 e. The molecule has 2 amide bonds. The first-order chi connectivity index (χ1) is 15.9. The molecule has 7 heteroatoms. The van der Waals surface area contributed by atoms with E-state index in [1.54, 1.807) is 0 Å². The summed E-state index contributed by atoms with van der Waals surface area (Å²) in [7, 11) is 0. The largest absolute Gasteiger partial charge is 0.326 e. The Hall–Kier alpha value is -3.74. The third-order valence-electron chi connectivity index (χ3n) is 6.46. The lowest BCUT2D eigenvalue weighted by Gasteiger charge is -2.19. The van der Waals surface area contributed by atoms with Crippen LogP contribution in [0.3, 0.4) is 0 Å². The SMILES string of the molecule is Cc1cc(NC(=O)CCc2c(C)nc3c4ccccc4nn3c2C)ccc1N1CCCC1=O. The van der Waals surface area contributed by atoms with Gasteiger partial charge in [-0.3, -0.25) is 9.59 Å². The van der Waals surface area contributed by atoms with E-state index in [-0.39, 0.29) is 11.8 Å². The molecule has 3 heterocycles. The topological polar surface area (TPSA) is 79.6 Å². The van der Waals surface area contributed by atoms with Gasteiger partial charge in [0.2, 0.25) is 11.8 Å². The van der Waals surface area contributed by atoms with E-state index in [1.165, 1.54) is 0 Å². The van der Waals surface area contributed by atoms with E-state index in [0.717, 1.165) is 63.4 Å². The van der Waals surface area contributed by atoms with Crippen LogP contribution in [0, 0.1) is 20.8 Å². The number of hydrogen-bond acceptors (Lipinski definition) is 4. The lowest BCUT2D eigenvalue weighted by Crippen LogP contribution is -2.24. The number of fused-ring (bicyclic) bond motifs is 3. The fraction of sp³-hybridized carbons (Fsp3) is 0.308. The highest BCUT2D eigenvalue weighted by Crippen LogP contribution is 2.28. The molecule has 1 N–H and O–H groups in total. The summed E-state index contributed by atoms with van der Waals surface area (Å²) < 4.78 is 1.88. The van der Waals surface area contributed by atoms with Crippen LogP contribution in [0.4, 0.5) is 11.4 Å². The van der Waals surface area contributed by atoms with Crippen LogP contribution in [0.25, 0.3) is 16.6 Å². The van der Waals surface area contributed by atoms with Gasteiger partial charge in [0, 0.05) is 47.5 Å². The Morgan fingerprint density at radius 1 is 1.12 bits per heavy atom. The third kappa shape index (κ3) is 3.84. The van der Waals surface area contributed by atoms with Crippen molar-refractivity contribution in [2.75, 3.05) is 16.8 Å². The predicted molar refractivity (Wildman–Crippen MR) is 130 cm³/mol. The van der Waals surface area contributed by atoms with E-state index in [4.69, 9.17) is 10.1 Å². The minimum Gasteiger partial charge on any atom is -0.326 e. The maximum atomic E-state index is 12.7. The number of carbonyl (C=O) groups excluding carboxylic acids is 2. The molecular formula is C26H27N5O2. The second-order valence-corrected chi connectivity index (χ2v) is 8.71. The van der Waals surface area contributed by atoms with Gasteiger partial charge in [-0.1, -0.05) is 12.1 Å². The number of aryl methyl sites for hydroxylation is 3. The minimum atomic E-state index is -0.0519. The molecular weight excluding hydrogens is 414 g/mol. The zero-order chi connectivity index (χ0) is 23.1. The number of amides is 2. The summed E-state index contributed by atoms with van der Waals surface area (Å²) in [5, 5.41) is 8.72. The first-order valence-corrected chi connectivity index (χ1v) is 11.4. The van der Waals surface area contributed by atoms with E-state index in [0.29, 0.717) is 19.3 Å². The fourth-order valence-electron chi connectivity index (χ4n) is 4.74. The van der Waals surface area contributed by atoms with E-state index < -0.39 is 0 Å².